The van der Waals surface area contributed by atoms with E-state index < -0.39 is 0 Å². The van der Waals surface area contributed by atoms with Crippen LogP contribution >= 0.6 is 11.3 Å². The Bertz CT molecular complexity index is 918. The van der Waals surface area contributed by atoms with Crippen LogP contribution in [0.3, 0.4) is 0 Å². The number of amides is 1. The van der Waals surface area contributed by atoms with Gasteiger partial charge in [0.25, 0.3) is 5.91 Å². The molecule has 6 heteroatoms. The van der Waals surface area contributed by atoms with E-state index in [2.05, 4.69) is 28.2 Å². The fourth-order valence-corrected chi connectivity index (χ4v) is 4.34. The molecule has 1 aliphatic rings. The molecule has 4 rings (SSSR count). The van der Waals surface area contributed by atoms with Gasteiger partial charge in [-0.1, -0.05) is 25.1 Å². The lowest BCUT2D eigenvalue weighted by atomic mass is 10.1. The molecule has 0 aliphatic carbocycles. The van der Waals surface area contributed by atoms with Crippen LogP contribution in [0.5, 0.6) is 0 Å². The first-order valence-electron chi connectivity index (χ1n) is 9.77. The maximum absolute atomic E-state index is 12.6. The molecule has 1 amide bonds. The van der Waals surface area contributed by atoms with Gasteiger partial charge in [0.1, 0.15) is 0 Å². The summed E-state index contributed by atoms with van der Waals surface area (Å²) in [6.45, 7) is 4.12. The van der Waals surface area contributed by atoms with Gasteiger partial charge in [-0.25, -0.2) is 9.97 Å². The van der Waals surface area contributed by atoms with E-state index in [0.29, 0.717) is 5.56 Å². The second kappa shape index (κ2) is 8.52. The van der Waals surface area contributed by atoms with Crippen molar-refractivity contribution in [3.63, 3.8) is 0 Å². The first kappa shape index (κ1) is 18.6. The fraction of sp³-hybridized carbons (Fsp3) is 0.318. The van der Waals surface area contributed by atoms with Crippen LogP contribution in [-0.4, -0.2) is 29.0 Å². The number of nitrogens with zero attached hydrogens (tertiary/aromatic N) is 3. The summed E-state index contributed by atoms with van der Waals surface area (Å²) in [5.74, 6) is 0.741. The SMILES string of the molecule is CCC(NC(=O)c1ccc(-c2ccnc(N3CCCC3)n2)cc1)c1cccs1. The third-order valence-electron chi connectivity index (χ3n) is 5.07. The quantitative estimate of drug-likeness (QED) is 0.661. The Morgan fingerprint density at radius 3 is 2.64 bits per heavy atom. The molecule has 0 bridgehead atoms. The van der Waals surface area contributed by atoms with E-state index in [4.69, 9.17) is 4.98 Å². The van der Waals surface area contributed by atoms with Crippen molar-refractivity contribution in [2.45, 2.75) is 32.2 Å². The topological polar surface area (TPSA) is 58.1 Å². The molecule has 1 atom stereocenters. The lowest BCUT2D eigenvalue weighted by Gasteiger charge is -2.16. The van der Waals surface area contributed by atoms with Gasteiger partial charge in [-0.05, 0) is 48.9 Å². The average molecular weight is 393 g/mol. The van der Waals surface area contributed by atoms with Gasteiger partial charge in [0.15, 0.2) is 0 Å². The summed E-state index contributed by atoms with van der Waals surface area (Å²) < 4.78 is 0. The zero-order valence-electron chi connectivity index (χ0n) is 16.0. The van der Waals surface area contributed by atoms with E-state index in [9.17, 15) is 4.79 Å². The second-order valence-corrected chi connectivity index (χ2v) is 7.94. The Hall–Kier alpha value is -2.73. The van der Waals surface area contributed by atoms with Gasteiger partial charge in [0.2, 0.25) is 5.95 Å². The Morgan fingerprint density at radius 1 is 1.18 bits per heavy atom. The van der Waals surface area contributed by atoms with Crippen molar-refractivity contribution in [2.75, 3.05) is 18.0 Å². The first-order valence-corrected chi connectivity index (χ1v) is 10.7. The van der Waals surface area contributed by atoms with E-state index in [1.54, 1.807) is 11.3 Å². The fourth-order valence-electron chi connectivity index (χ4n) is 3.48. The highest BCUT2D eigenvalue weighted by molar-refractivity contribution is 7.10. The molecule has 3 aromatic rings. The maximum atomic E-state index is 12.6. The highest BCUT2D eigenvalue weighted by Crippen LogP contribution is 2.24. The van der Waals surface area contributed by atoms with Crippen molar-refractivity contribution in [1.29, 1.82) is 0 Å². The van der Waals surface area contributed by atoms with Crippen molar-refractivity contribution in [2.24, 2.45) is 0 Å². The third kappa shape index (κ3) is 4.07. The molecule has 1 unspecified atom stereocenters. The van der Waals surface area contributed by atoms with Gasteiger partial charge in [-0.2, -0.15) is 0 Å². The largest absolute Gasteiger partial charge is 0.344 e. The van der Waals surface area contributed by atoms with Crippen LogP contribution in [0, 0.1) is 0 Å². The summed E-state index contributed by atoms with van der Waals surface area (Å²) in [5.41, 5.74) is 2.53. The molecule has 144 valence electrons. The number of carbonyl (C=O) groups is 1. The van der Waals surface area contributed by atoms with Crippen LogP contribution in [0.2, 0.25) is 0 Å². The average Bonchev–Trinajstić information content (AvgIpc) is 3.46. The lowest BCUT2D eigenvalue weighted by molar-refractivity contribution is 0.0936. The number of hydrogen-bond acceptors (Lipinski definition) is 5. The van der Waals surface area contributed by atoms with Crippen LogP contribution in [0.4, 0.5) is 5.95 Å². The highest BCUT2D eigenvalue weighted by atomic mass is 32.1. The molecular formula is C22H24N4OS. The number of aromatic nitrogens is 2. The maximum Gasteiger partial charge on any atom is 0.251 e. The van der Waals surface area contributed by atoms with E-state index >= 15 is 0 Å². The monoisotopic (exact) mass is 392 g/mol. The van der Waals surface area contributed by atoms with Crippen LogP contribution in [0.15, 0.2) is 54.0 Å². The molecule has 0 spiro atoms. The van der Waals surface area contributed by atoms with E-state index in [1.807, 2.05) is 48.0 Å². The van der Waals surface area contributed by atoms with Crippen molar-refractivity contribution in [1.82, 2.24) is 15.3 Å². The standard InChI is InChI=1S/C22H24N4OS/c1-2-18(20-6-5-15-28-20)24-21(27)17-9-7-16(8-10-17)19-11-12-23-22(25-19)26-13-3-4-14-26/h5-12,15,18H,2-4,13-14H2,1H3,(H,24,27). The van der Waals surface area contributed by atoms with Gasteiger partial charge in [0.05, 0.1) is 11.7 Å². The zero-order chi connectivity index (χ0) is 19.3. The van der Waals surface area contributed by atoms with Crippen molar-refractivity contribution >= 4 is 23.2 Å². The summed E-state index contributed by atoms with van der Waals surface area (Å²) in [5, 5.41) is 5.17. The third-order valence-corrected chi connectivity index (χ3v) is 6.06. The number of rotatable bonds is 6. The minimum atomic E-state index is -0.0488. The lowest BCUT2D eigenvalue weighted by Crippen LogP contribution is -2.27. The van der Waals surface area contributed by atoms with Crippen LogP contribution < -0.4 is 10.2 Å². The summed E-state index contributed by atoms with van der Waals surface area (Å²) in [6.07, 6.45) is 5.07. The van der Waals surface area contributed by atoms with Crippen molar-refractivity contribution in [3.8, 4) is 11.3 Å². The first-order chi connectivity index (χ1) is 13.7. The zero-order valence-corrected chi connectivity index (χ0v) is 16.8. The number of benzene rings is 1. The van der Waals surface area contributed by atoms with Crippen LogP contribution in [0.25, 0.3) is 11.3 Å². The molecule has 1 aromatic carbocycles. The van der Waals surface area contributed by atoms with Gasteiger partial charge in [-0.3, -0.25) is 4.79 Å². The van der Waals surface area contributed by atoms with Gasteiger partial charge in [0, 0.05) is 35.3 Å². The molecule has 0 radical (unpaired) electrons. The van der Waals surface area contributed by atoms with Crippen molar-refractivity contribution in [3.05, 3.63) is 64.5 Å². The highest BCUT2D eigenvalue weighted by Gasteiger charge is 2.17. The molecule has 28 heavy (non-hydrogen) atoms. The summed E-state index contributed by atoms with van der Waals surface area (Å²) in [4.78, 5) is 25.2. The molecule has 5 nitrogen and oxygen atoms in total. The molecule has 1 aliphatic heterocycles. The number of hydrogen-bond donors (Lipinski definition) is 1. The van der Waals surface area contributed by atoms with E-state index in [-0.39, 0.29) is 11.9 Å². The smallest absolute Gasteiger partial charge is 0.251 e. The molecule has 1 saturated heterocycles. The van der Waals surface area contributed by atoms with E-state index in [0.717, 1.165) is 36.7 Å². The minimum Gasteiger partial charge on any atom is -0.344 e. The van der Waals surface area contributed by atoms with Crippen LogP contribution in [-0.2, 0) is 0 Å². The van der Waals surface area contributed by atoms with Gasteiger partial charge >= 0.3 is 0 Å². The Balaban J connectivity index is 1.48. The minimum absolute atomic E-state index is 0.0488. The molecule has 1 N–H and O–H groups in total. The van der Waals surface area contributed by atoms with Gasteiger partial charge in [-0.15, -0.1) is 11.3 Å². The Labute approximate surface area is 169 Å². The van der Waals surface area contributed by atoms with Crippen molar-refractivity contribution < 1.29 is 4.79 Å². The number of thiophene rings is 1. The molecule has 2 aromatic heterocycles. The Kier molecular flexibility index (Phi) is 5.67. The summed E-state index contributed by atoms with van der Waals surface area (Å²) in [7, 11) is 0. The second-order valence-electron chi connectivity index (χ2n) is 6.96. The molecule has 3 heterocycles. The Morgan fingerprint density at radius 2 is 1.96 bits per heavy atom. The predicted molar refractivity (Wildman–Crippen MR) is 114 cm³/mol. The molecular weight excluding hydrogens is 368 g/mol. The molecule has 1 fully saturated rings. The van der Waals surface area contributed by atoms with Gasteiger partial charge < -0.3 is 10.2 Å². The summed E-state index contributed by atoms with van der Waals surface area (Å²) >= 11 is 1.67. The predicted octanol–water partition coefficient (Wildman–Crippen LogP) is 4.69. The van der Waals surface area contributed by atoms with E-state index in [1.165, 1.54) is 17.7 Å². The number of anilines is 1. The van der Waals surface area contributed by atoms with Crippen LogP contribution in [0.1, 0.15) is 47.5 Å². The number of carbonyl (C=O) groups excluding carboxylic acids is 1. The molecule has 0 saturated carbocycles. The summed E-state index contributed by atoms with van der Waals surface area (Å²) in [6, 6.07) is 13.7. The number of nitrogens with one attached hydrogen (secondary N) is 1. The normalized spacial score (nSPS) is 14.8.